The molecule has 6 nitrogen and oxygen atoms in total. The van der Waals surface area contributed by atoms with Gasteiger partial charge in [-0.05, 0) is 35.2 Å². The Balaban J connectivity index is 0.000000279. The summed E-state index contributed by atoms with van der Waals surface area (Å²) in [4.78, 5) is 25.4. The molecular formula is C18H23F3N2O4S. The zero-order valence-electron chi connectivity index (χ0n) is 15.2. The molecule has 3 aliphatic heterocycles. The lowest BCUT2D eigenvalue weighted by molar-refractivity contribution is -0.192. The van der Waals surface area contributed by atoms with Crippen LogP contribution in [0.5, 0.6) is 0 Å². The Labute approximate surface area is 164 Å². The Hall–Kier alpha value is -1.65. The molecular weight excluding hydrogens is 397 g/mol. The third-order valence-corrected chi connectivity index (χ3v) is 5.96. The van der Waals surface area contributed by atoms with E-state index < -0.39 is 12.1 Å². The fourth-order valence-electron chi connectivity index (χ4n) is 3.74. The van der Waals surface area contributed by atoms with Gasteiger partial charge in [0.1, 0.15) is 0 Å². The van der Waals surface area contributed by atoms with Crippen molar-refractivity contribution in [2.75, 3.05) is 26.2 Å². The van der Waals surface area contributed by atoms with Crippen LogP contribution in [-0.2, 0) is 20.9 Å². The number of carboxylic acid groups (broad SMARTS) is 1. The molecule has 10 heteroatoms. The number of alkyl halides is 3. The van der Waals surface area contributed by atoms with Gasteiger partial charge < -0.3 is 14.7 Å². The smallest absolute Gasteiger partial charge is 0.475 e. The van der Waals surface area contributed by atoms with E-state index in [1.165, 1.54) is 12.0 Å². The maximum absolute atomic E-state index is 12.0. The van der Waals surface area contributed by atoms with E-state index in [-0.39, 0.29) is 6.10 Å². The molecule has 0 aliphatic carbocycles. The number of thiophene rings is 1. The number of ether oxygens (including phenoxy) is 1. The van der Waals surface area contributed by atoms with Crippen molar-refractivity contribution in [2.45, 2.75) is 44.2 Å². The fraction of sp³-hybridized carbons (Fsp3) is 0.667. The summed E-state index contributed by atoms with van der Waals surface area (Å²) in [7, 11) is 0. The average molecular weight is 420 g/mol. The van der Waals surface area contributed by atoms with Crippen LogP contribution in [0.2, 0.25) is 0 Å². The first-order valence-electron chi connectivity index (χ1n) is 9.19. The summed E-state index contributed by atoms with van der Waals surface area (Å²) in [6, 6.07) is 2.20. The number of likely N-dealkylation sites (tertiary alicyclic amines) is 2. The number of amides is 1. The van der Waals surface area contributed by atoms with Gasteiger partial charge in [0.15, 0.2) is 0 Å². The molecule has 0 spiro atoms. The van der Waals surface area contributed by atoms with Gasteiger partial charge in [0.25, 0.3) is 0 Å². The van der Waals surface area contributed by atoms with Crippen LogP contribution in [0.25, 0.3) is 0 Å². The second-order valence-corrected chi connectivity index (χ2v) is 8.14. The van der Waals surface area contributed by atoms with E-state index in [4.69, 9.17) is 14.6 Å². The van der Waals surface area contributed by atoms with E-state index in [9.17, 15) is 18.0 Å². The lowest BCUT2D eigenvalue weighted by Crippen LogP contribution is -2.43. The highest BCUT2D eigenvalue weighted by Crippen LogP contribution is 2.35. The van der Waals surface area contributed by atoms with Crippen LogP contribution in [-0.4, -0.2) is 71.3 Å². The van der Waals surface area contributed by atoms with Crippen LogP contribution in [0.4, 0.5) is 13.2 Å². The second-order valence-electron chi connectivity index (χ2n) is 7.36. The van der Waals surface area contributed by atoms with Crippen LogP contribution >= 0.6 is 11.3 Å². The molecule has 0 bridgehead atoms. The van der Waals surface area contributed by atoms with Gasteiger partial charge in [-0.1, -0.05) is 0 Å². The van der Waals surface area contributed by atoms with E-state index in [2.05, 4.69) is 21.7 Å². The largest absolute Gasteiger partial charge is 0.490 e. The number of carbonyl (C=O) groups excluding carboxylic acids is 1. The average Bonchev–Trinajstić information content (AvgIpc) is 3.22. The van der Waals surface area contributed by atoms with Crippen LogP contribution in [0.15, 0.2) is 16.8 Å². The molecule has 1 N–H and O–H groups in total. The predicted molar refractivity (Wildman–Crippen MR) is 95.9 cm³/mol. The van der Waals surface area contributed by atoms with Crippen molar-refractivity contribution in [1.29, 1.82) is 0 Å². The number of hydrogen-bond donors (Lipinski definition) is 1. The number of halogens is 3. The number of fused-ring (bicyclic) bond motifs is 1. The van der Waals surface area contributed by atoms with Crippen molar-refractivity contribution in [3.63, 3.8) is 0 Å². The Morgan fingerprint density at radius 2 is 2.00 bits per heavy atom. The monoisotopic (exact) mass is 420 g/mol. The highest BCUT2D eigenvalue weighted by atomic mass is 32.1. The molecule has 3 saturated heterocycles. The zero-order chi connectivity index (χ0) is 20.3. The van der Waals surface area contributed by atoms with E-state index in [0.29, 0.717) is 24.3 Å². The van der Waals surface area contributed by atoms with Crippen molar-refractivity contribution in [3.8, 4) is 0 Å². The summed E-state index contributed by atoms with van der Waals surface area (Å²) in [6.45, 7) is 5.08. The van der Waals surface area contributed by atoms with Crippen molar-refractivity contribution in [2.24, 2.45) is 5.92 Å². The van der Waals surface area contributed by atoms with Crippen molar-refractivity contribution in [1.82, 2.24) is 9.80 Å². The molecule has 3 aliphatic rings. The van der Waals surface area contributed by atoms with Gasteiger partial charge in [-0.15, -0.1) is 0 Å². The molecule has 0 radical (unpaired) electrons. The molecule has 4 heterocycles. The van der Waals surface area contributed by atoms with Crippen LogP contribution < -0.4 is 0 Å². The van der Waals surface area contributed by atoms with E-state index in [0.717, 1.165) is 39.1 Å². The van der Waals surface area contributed by atoms with E-state index in [1.807, 2.05) is 4.90 Å². The molecule has 156 valence electrons. The first-order valence-corrected chi connectivity index (χ1v) is 10.1. The van der Waals surface area contributed by atoms with Gasteiger partial charge in [-0.25, -0.2) is 4.79 Å². The lowest BCUT2D eigenvalue weighted by Gasteiger charge is -2.31. The first kappa shape index (κ1) is 21.1. The van der Waals surface area contributed by atoms with Gasteiger partial charge >= 0.3 is 12.1 Å². The Kier molecular flexibility index (Phi) is 6.61. The quantitative estimate of drug-likeness (QED) is 0.811. The number of hydrogen-bond acceptors (Lipinski definition) is 5. The number of aliphatic carboxylic acids is 1. The standard InChI is InChI=1S/C16H22N2O2S.C2HF3O2/c19-16(18-3-1-4-18)7-14-6-13-9-17(10-15(13)20-14)8-12-2-5-21-11-12;3-2(4,5)1(6)7/h2,5,11,13-15H,1,3-4,6-10H2;(H,6,7)/t13-,14+,15+;/m0./s1. The third-order valence-electron chi connectivity index (χ3n) is 5.23. The fourth-order valence-corrected chi connectivity index (χ4v) is 4.40. The summed E-state index contributed by atoms with van der Waals surface area (Å²) in [5.74, 6) is -1.84. The summed E-state index contributed by atoms with van der Waals surface area (Å²) < 4.78 is 37.9. The normalized spacial score (nSPS) is 27.0. The van der Waals surface area contributed by atoms with Crippen molar-refractivity contribution < 1.29 is 32.6 Å². The van der Waals surface area contributed by atoms with Crippen LogP contribution in [0.1, 0.15) is 24.8 Å². The number of rotatable bonds is 4. The van der Waals surface area contributed by atoms with Gasteiger partial charge in [0.05, 0.1) is 18.6 Å². The summed E-state index contributed by atoms with van der Waals surface area (Å²) >= 11 is 1.76. The van der Waals surface area contributed by atoms with Crippen LogP contribution in [0, 0.1) is 5.92 Å². The molecule has 3 atom stereocenters. The highest BCUT2D eigenvalue weighted by Gasteiger charge is 2.42. The van der Waals surface area contributed by atoms with Gasteiger partial charge in [-0.3, -0.25) is 9.69 Å². The summed E-state index contributed by atoms with van der Waals surface area (Å²) in [5, 5.41) is 11.5. The van der Waals surface area contributed by atoms with E-state index in [1.54, 1.807) is 11.3 Å². The van der Waals surface area contributed by atoms with E-state index >= 15 is 0 Å². The topological polar surface area (TPSA) is 70.1 Å². The van der Waals surface area contributed by atoms with Crippen molar-refractivity contribution >= 4 is 23.2 Å². The third kappa shape index (κ3) is 5.45. The van der Waals surface area contributed by atoms with Crippen LogP contribution in [0.3, 0.4) is 0 Å². The van der Waals surface area contributed by atoms with Gasteiger partial charge in [0.2, 0.25) is 5.91 Å². The zero-order valence-corrected chi connectivity index (χ0v) is 16.0. The molecule has 1 aromatic rings. The maximum Gasteiger partial charge on any atom is 0.490 e. The summed E-state index contributed by atoms with van der Waals surface area (Å²) in [6.07, 6.45) is -1.75. The lowest BCUT2D eigenvalue weighted by atomic mass is 10.0. The molecule has 1 amide bonds. The predicted octanol–water partition coefficient (Wildman–Crippen LogP) is 2.59. The Morgan fingerprint density at radius 3 is 2.50 bits per heavy atom. The number of nitrogens with zero attached hydrogens (tertiary/aromatic N) is 2. The molecule has 0 unspecified atom stereocenters. The molecule has 4 rings (SSSR count). The molecule has 0 aromatic carbocycles. The second kappa shape index (κ2) is 8.79. The minimum atomic E-state index is -5.08. The minimum Gasteiger partial charge on any atom is -0.475 e. The van der Waals surface area contributed by atoms with Crippen molar-refractivity contribution in [3.05, 3.63) is 22.4 Å². The Bertz CT molecular complexity index is 665. The SMILES string of the molecule is O=C(C[C@H]1C[C@H]2CN(Cc3ccsc3)C[C@H]2O1)N1CCC1.O=C(O)C(F)(F)F. The molecule has 28 heavy (non-hydrogen) atoms. The molecule has 1 aromatic heterocycles. The highest BCUT2D eigenvalue weighted by molar-refractivity contribution is 7.07. The summed E-state index contributed by atoms with van der Waals surface area (Å²) in [5.41, 5.74) is 1.41. The van der Waals surface area contributed by atoms with Gasteiger partial charge in [0, 0.05) is 38.6 Å². The number of carboxylic acids is 1. The maximum atomic E-state index is 12.0. The minimum absolute atomic E-state index is 0.163. The first-order chi connectivity index (χ1) is 13.2. The Morgan fingerprint density at radius 1 is 1.29 bits per heavy atom. The molecule has 0 saturated carbocycles. The number of carbonyl (C=O) groups is 2. The van der Waals surface area contributed by atoms with Gasteiger partial charge in [-0.2, -0.15) is 24.5 Å². The molecule has 3 fully saturated rings.